The third-order valence-corrected chi connectivity index (χ3v) is 12.5. The van der Waals surface area contributed by atoms with E-state index in [9.17, 15) is 34.2 Å². The Hall–Kier alpha value is -7.81. The number of piperazine rings is 2. The number of pyridine rings is 2. The molecule has 68 heavy (non-hydrogen) atoms. The van der Waals surface area contributed by atoms with Gasteiger partial charge in [-0.3, -0.25) is 34.1 Å². The molecule has 11 rings (SSSR count). The minimum absolute atomic E-state index is 0. The molecule has 4 atom stereocenters. The lowest BCUT2D eigenvalue weighted by Gasteiger charge is -2.33. The van der Waals surface area contributed by atoms with Gasteiger partial charge in [0.1, 0.15) is 61.6 Å². The number of carbonyl (C=O) groups excluding carboxylic acids is 5. The van der Waals surface area contributed by atoms with Crippen molar-refractivity contribution in [2.75, 3.05) is 85.3 Å². The quantitative estimate of drug-likeness (QED) is 0.188. The summed E-state index contributed by atoms with van der Waals surface area (Å²) in [7, 11) is 0. The smallest absolute Gasteiger partial charge is 0.415 e. The van der Waals surface area contributed by atoms with Gasteiger partial charge in [-0.25, -0.2) is 24.4 Å². The highest BCUT2D eigenvalue weighted by Crippen LogP contribution is 2.42. The van der Waals surface area contributed by atoms with Crippen LogP contribution < -0.4 is 34.4 Å². The van der Waals surface area contributed by atoms with Crippen molar-refractivity contribution in [1.82, 2.24) is 20.2 Å². The van der Waals surface area contributed by atoms with E-state index in [4.69, 9.17) is 23.7 Å². The monoisotopic (exact) mass is 928 g/mol. The molecule has 4 fully saturated rings. The van der Waals surface area contributed by atoms with Crippen molar-refractivity contribution in [2.45, 2.75) is 30.9 Å². The predicted octanol–water partition coefficient (Wildman–Crippen LogP) is 3.82. The van der Waals surface area contributed by atoms with Crippen LogP contribution in [0.1, 0.15) is 6.99 Å². The van der Waals surface area contributed by atoms with Crippen LogP contribution in [0, 0.1) is 0 Å². The second kappa shape index (κ2) is 18.8. The maximum atomic E-state index is 12.8. The molecule has 3 aromatic carbocycles. The van der Waals surface area contributed by atoms with E-state index in [1.807, 2.05) is 78.9 Å². The number of aromatic nitrogens is 2. The van der Waals surface area contributed by atoms with E-state index in [1.165, 1.54) is 9.80 Å². The van der Waals surface area contributed by atoms with Gasteiger partial charge in [0.25, 0.3) is 0 Å². The summed E-state index contributed by atoms with van der Waals surface area (Å²) in [5.74, 6) is 2.00. The fourth-order valence-electron chi connectivity index (χ4n) is 8.90. The van der Waals surface area contributed by atoms with Gasteiger partial charge >= 0.3 is 18.3 Å². The lowest BCUT2D eigenvalue weighted by molar-refractivity contribution is -0.121. The molecule has 20 heteroatoms. The average molecular weight is 929 g/mol. The van der Waals surface area contributed by atoms with E-state index < -0.39 is 30.5 Å². The van der Waals surface area contributed by atoms with E-state index >= 15 is 0 Å². The molecule has 6 aliphatic rings. The summed E-state index contributed by atoms with van der Waals surface area (Å²) >= 11 is 0. The lowest BCUT2D eigenvalue weighted by atomic mass is 10.0. The molecule has 0 unspecified atom stereocenters. The van der Waals surface area contributed by atoms with Crippen LogP contribution in [0.2, 0.25) is 0 Å². The number of fused-ring (bicyclic) bond motifs is 6. The SMILES string of the molecule is O=C(OCc1ccccc1)N1CCN(c2ccc(-c3ccc4c(c3)OC[C@H]3[C@H](CO)OC(=O)N43)cn2)C(=O)C1.O=C1CNCCN1c1ccc(-c2ccc3c(c2)OC[C@H]2[C@H](CO)OC(=O)N32)cn1.[HH]. The number of rotatable bonds is 8. The van der Waals surface area contributed by atoms with E-state index in [1.54, 1.807) is 39.2 Å². The van der Waals surface area contributed by atoms with Crippen LogP contribution in [0.3, 0.4) is 0 Å². The molecular weight excluding hydrogens is 881 g/mol. The van der Waals surface area contributed by atoms with Gasteiger partial charge < -0.3 is 39.2 Å². The van der Waals surface area contributed by atoms with Gasteiger partial charge in [-0.05, 0) is 65.2 Å². The lowest BCUT2D eigenvalue weighted by Crippen LogP contribution is -2.52. The first-order valence-electron chi connectivity index (χ1n) is 22.1. The fourth-order valence-corrected chi connectivity index (χ4v) is 8.90. The molecule has 0 radical (unpaired) electrons. The minimum Gasteiger partial charge on any atom is -0.489 e. The number of aliphatic hydroxyl groups excluding tert-OH is 2. The highest BCUT2D eigenvalue weighted by molar-refractivity contribution is 5.98. The van der Waals surface area contributed by atoms with Crippen molar-refractivity contribution in [3.63, 3.8) is 0 Å². The highest BCUT2D eigenvalue weighted by atomic mass is 16.6. The Morgan fingerprint density at radius 3 is 1.72 bits per heavy atom. The standard InChI is InChI=1S/C28H26N4O7.C20H20N4O5.H2/c33-15-24-22-17-37-23-12-19(6-8-21(23)32(22)28(36)39-24)20-7-9-25(29-13-20)31-11-10-30(14-26(31)34)27(35)38-16-18-4-2-1-3-5-18;25-10-17-15-11-28-16-7-12(1-3-14(16)24(15)20(27)29-17)13-2-4-18(22-8-13)23-6-5-21-9-19(23)26;/h1-9,12-13,22,24,33H,10-11,14-17H2;1-4,7-8,15,17,21,25H,5-6,9-11H2;1H/t22-,24-;15-,17-;/m00./s1. The Morgan fingerprint density at radius 2 is 1.22 bits per heavy atom. The fraction of sp³-hybridized carbons (Fsp3) is 0.312. The van der Waals surface area contributed by atoms with E-state index in [0.29, 0.717) is 60.7 Å². The molecule has 5 aromatic rings. The number of aliphatic hydroxyl groups is 2. The molecular formula is C48H48N8O12. The van der Waals surface area contributed by atoms with Crippen molar-refractivity contribution in [1.29, 1.82) is 0 Å². The van der Waals surface area contributed by atoms with Gasteiger partial charge in [-0.15, -0.1) is 0 Å². The second-order valence-corrected chi connectivity index (χ2v) is 16.6. The molecule has 352 valence electrons. The zero-order valence-corrected chi connectivity index (χ0v) is 36.5. The van der Waals surface area contributed by atoms with Gasteiger partial charge in [0.05, 0.1) is 31.1 Å². The van der Waals surface area contributed by atoms with E-state index in [0.717, 1.165) is 34.4 Å². The highest BCUT2D eigenvalue weighted by Gasteiger charge is 2.47. The maximum absolute atomic E-state index is 12.8. The van der Waals surface area contributed by atoms with Crippen LogP contribution in [0.4, 0.5) is 37.4 Å². The molecule has 0 spiro atoms. The van der Waals surface area contributed by atoms with Crippen LogP contribution in [-0.4, -0.2) is 145 Å². The normalized spacial score (nSPS) is 21.5. The number of ether oxygens (including phenoxy) is 5. The Kier molecular flexibility index (Phi) is 12.2. The first kappa shape index (κ1) is 44.0. The van der Waals surface area contributed by atoms with Crippen molar-refractivity contribution in [3.8, 4) is 33.8 Å². The van der Waals surface area contributed by atoms with Crippen LogP contribution in [0.5, 0.6) is 11.5 Å². The van der Waals surface area contributed by atoms with Crippen LogP contribution >= 0.6 is 0 Å². The zero-order valence-electron chi connectivity index (χ0n) is 36.5. The molecule has 0 aliphatic carbocycles. The summed E-state index contributed by atoms with van der Waals surface area (Å²) in [4.78, 5) is 78.4. The number of benzene rings is 3. The van der Waals surface area contributed by atoms with Gasteiger partial charge in [-0.1, -0.05) is 42.5 Å². The Labute approximate surface area is 390 Å². The number of hydrogen-bond donors (Lipinski definition) is 3. The summed E-state index contributed by atoms with van der Waals surface area (Å²) in [6, 6.07) is 27.1. The van der Waals surface area contributed by atoms with Gasteiger partial charge in [0, 0.05) is 51.1 Å². The summed E-state index contributed by atoms with van der Waals surface area (Å²) in [6.07, 6.45) is 0.693. The number of nitrogens with one attached hydrogen (secondary N) is 1. The first-order chi connectivity index (χ1) is 33.2. The van der Waals surface area contributed by atoms with Crippen molar-refractivity contribution >= 4 is 53.1 Å². The van der Waals surface area contributed by atoms with Gasteiger partial charge in [0.15, 0.2) is 12.2 Å². The number of nitrogens with zero attached hydrogens (tertiary/aromatic N) is 7. The number of carbonyl (C=O) groups is 5. The van der Waals surface area contributed by atoms with E-state index in [-0.39, 0.29) is 64.9 Å². The van der Waals surface area contributed by atoms with Crippen molar-refractivity contribution in [2.24, 2.45) is 0 Å². The summed E-state index contributed by atoms with van der Waals surface area (Å²) in [5, 5.41) is 21.9. The van der Waals surface area contributed by atoms with Crippen molar-refractivity contribution < 1.29 is 59.3 Å². The number of hydrogen-bond acceptors (Lipinski definition) is 15. The molecule has 6 aliphatic heterocycles. The molecule has 20 nitrogen and oxygen atoms in total. The first-order valence-corrected chi connectivity index (χ1v) is 22.1. The molecule has 8 heterocycles. The second-order valence-electron chi connectivity index (χ2n) is 16.6. The Morgan fingerprint density at radius 1 is 0.676 bits per heavy atom. The summed E-state index contributed by atoms with van der Waals surface area (Å²) < 4.78 is 27.5. The third-order valence-electron chi connectivity index (χ3n) is 12.5. The Balaban J connectivity index is 0.000000176. The van der Waals surface area contributed by atoms with Gasteiger partial charge in [-0.2, -0.15) is 0 Å². The molecule has 5 amide bonds. The third kappa shape index (κ3) is 8.55. The molecule has 2 aromatic heterocycles. The molecule has 4 saturated heterocycles. The maximum Gasteiger partial charge on any atom is 0.415 e. The average Bonchev–Trinajstić information content (AvgIpc) is 3.90. The number of amides is 5. The van der Waals surface area contributed by atoms with Crippen molar-refractivity contribution in [3.05, 3.63) is 109 Å². The topological polar surface area (TPSA) is 226 Å². The number of anilines is 4. The predicted molar refractivity (Wildman–Crippen MR) is 245 cm³/mol. The van der Waals surface area contributed by atoms with Crippen LogP contribution in [0.15, 0.2) is 103 Å². The zero-order chi connectivity index (χ0) is 46.9. The molecule has 0 saturated carbocycles. The number of cyclic esters (lactones) is 2. The molecule has 3 N–H and O–H groups in total. The van der Waals surface area contributed by atoms with Gasteiger partial charge in [0.2, 0.25) is 11.8 Å². The Bertz CT molecular complexity index is 2740. The molecule has 0 bridgehead atoms. The minimum atomic E-state index is -0.619. The van der Waals surface area contributed by atoms with E-state index in [2.05, 4.69) is 15.3 Å². The largest absolute Gasteiger partial charge is 0.489 e. The van der Waals surface area contributed by atoms with Crippen LogP contribution in [0.25, 0.3) is 22.3 Å². The summed E-state index contributed by atoms with van der Waals surface area (Å²) in [6.45, 7) is 2.34. The van der Waals surface area contributed by atoms with Crippen LogP contribution in [-0.2, 0) is 30.4 Å². The summed E-state index contributed by atoms with van der Waals surface area (Å²) in [5.41, 5.74) is 5.49.